The van der Waals surface area contributed by atoms with Crippen LogP contribution in [0.4, 0.5) is 0 Å². The van der Waals surface area contributed by atoms with E-state index in [0.717, 1.165) is 24.3 Å². The Labute approximate surface area is 119 Å². The molecule has 2 aliphatic heterocycles. The Morgan fingerprint density at radius 2 is 2.17 bits per heavy atom. The molecule has 100 valence electrons. The molecule has 1 aromatic rings. The summed E-state index contributed by atoms with van der Waals surface area (Å²) in [6.07, 6.45) is 3.36. The highest BCUT2D eigenvalue weighted by molar-refractivity contribution is 8.01. The van der Waals surface area contributed by atoms with Gasteiger partial charge in [0, 0.05) is 39.6 Å². The normalized spacial score (nSPS) is 36.3. The minimum atomic E-state index is -0.554. The van der Waals surface area contributed by atoms with E-state index in [-0.39, 0.29) is 0 Å². The smallest absolute Gasteiger partial charge is 0.0649 e. The van der Waals surface area contributed by atoms with Gasteiger partial charge < -0.3 is 5.32 Å². The molecule has 0 aromatic carbocycles. The van der Waals surface area contributed by atoms with Crippen LogP contribution in [-0.4, -0.2) is 27.0 Å². The van der Waals surface area contributed by atoms with E-state index in [1.54, 1.807) is 0 Å². The summed E-state index contributed by atoms with van der Waals surface area (Å²) in [4.78, 5) is 0. The third kappa shape index (κ3) is 2.84. The largest absolute Gasteiger partial charge is 0.307 e. The van der Waals surface area contributed by atoms with Crippen LogP contribution in [0.3, 0.4) is 0 Å². The maximum atomic E-state index is 11.4. The lowest BCUT2D eigenvalue weighted by Gasteiger charge is -2.32. The fourth-order valence-electron chi connectivity index (χ4n) is 2.75. The highest BCUT2D eigenvalue weighted by atomic mass is 32.2. The molecule has 0 amide bonds. The molecule has 0 aliphatic carbocycles. The molecule has 2 nitrogen and oxygen atoms in total. The minimum absolute atomic E-state index is 0.513. The molecule has 3 rings (SSSR count). The van der Waals surface area contributed by atoms with Gasteiger partial charge in [0.1, 0.15) is 0 Å². The number of thioether (sulfide) groups is 1. The van der Waals surface area contributed by atoms with Crippen molar-refractivity contribution in [1.29, 1.82) is 0 Å². The summed E-state index contributed by atoms with van der Waals surface area (Å²) in [7, 11) is -0.554. The zero-order chi connectivity index (χ0) is 12.5. The number of hydrogen-bond acceptors (Lipinski definition) is 4. The lowest BCUT2D eigenvalue weighted by Crippen LogP contribution is -2.39. The van der Waals surface area contributed by atoms with Gasteiger partial charge in [-0.05, 0) is 36.3 Å². The molecule has 2 atom stereocenters. The van der Waals surface area contributed by atoms with Crippen LogP contribution in [0.15, 0.2) is 15.7 Å². The number of fused-ring (bicyclic) bond motifs is 1. The second-order valence-electron chi connectivity index (χ2n) is 5.17. The highest BCUT2D eigenvalue weighted by Gasteiger charge is 2.29. The monoisotopic (exact) mass is 301 g/mol. The second kappa shape index (κ2) is 5.65. The van der Waals surface area contributed by atoms with Gasteiger partial charge in [-0.15, -0.1) is 23.1 Å². The maximum Gasteiger partial charge on any atom is 0.0649 e. The zero-order valence-electron chi connectivity index (χ0n) is 10.6. The number of nitrogens with one attached hydrogen (secondary N) is 1. The van der Waals surface area contributed by atoms with Crippen LogP contribution in [0.2, 0.25) is 0 Å². The molecule has 0 radical (unpaired) electrons. The van der Waals surface area contributed by atoms with E-state index < -0.39 is 10.8 Å². The molecule has 0 bridgehead atoms. The fourth-order valence-corrected chi connectivity index (χ4v) is 6.62. The van der Waals surface area contributed by atoms with Crippen LogP contribution in [-0.2, 0) is 10.8 Å². The van der Waals surface area contributed by atoms with E-state index >= 15 is 0 Å². The van der Waals surface area contributed by atoms with E-state index in [1.165, 1.54) is 16.2 Å². The van der Waals surface area contributed by atoms with Crippen molar-refractivity contribution in [3.8, 4) is 0 Å². The molecular formula is C13H19NOS3. The van der Waals surface area contributed by atoms with Crippen molar-refractivity contribution in [1.82, 2.24) is 5.32 Å². The van der Waals surface area contributed by atoms with Crippen molar-refractivity contribution in [3.63, 3.8) is 0 Å². The van der Waals surface area contributed by atoms with E-state index in [4.69, 9.17) is 0 Å². The predicted octanol–water partition coefficient (Wildman–Crippen LogP) is 3.17. The summed E-state index contributed by atoms with van der Waals surface area (Å²) in [5.74, 6) is 1.76. The van der Waals surface area contributed by atoms with Crippen molar-refractivity contribution in [3.05, 3.63) is 17.0 Å². The van der Waals surface area contributed by atoms with E-state index in [2.05, 4.69) is 23.7 Å². The molecule has 18 heavy (non-hydrogen) atoms. The number of rotatable bonds is 2. The SMILES string of the molecule is C[C@H]1CC(NC2CCS(=O)CC2)c2ccsc2S1. The summed E-state index contributed by atoms with van der Waals surface area (Å²) >= 11 is 3.88. The Morgan fingerprint density at radius 3 is 2.94 bits per heavy atom. The summed E-state index contributed by atoms with van der Waals surface area (Å²) in [5, 5.41) is 6.72. The standard InChI is InChI=1S/C13H19NOS3/c1-9-8-12(11-2-5-16-13(11)17-9)14-10-3-6-18(15)7-4-10/h2,5,9-10,12,14H,3-4,6-8H2,1H3/t9-,10?,12?,18?/m0/s1. The van der Waals surface area contributed by atoms with Gasteiger partial charge in [-0.2, -0.15) is 0 Å². The molecule has 0 saturated carbocycles. The van der Waals surface area contributed by atoms with Crippen LogP contribution in [0.5, 0.6) is 0 Å². The quantitative estimate of drug-likeness (QED) is 0.909. The Balaban J connectivity index is 1.68. The van der Waals surface area contributed by atoms with Gasteiger partial charge >= 0.3 is 0 Å². The van der Waals surface area contributed by atoms with Crippen molar-refractivity contribution in [2.45, 2.75) is 47.7 Å². The topological polar surface area (TPSA) is 29.1 Å². The van der Waals surface area contributed by atoms with Crippen LogP contribution >= 0.6 is 23.1 Å². The van der Waals surface area contributed by atoms with E-state index in [1.807, 2.05) is 23.1 Å². The molecule has 2 aliphatic rings. The van der Waals surface area contributed by atoms with Gasteiger partial charge in [0.25, 0.3) is 0 Å². The van der Waals surface area contributed by atoms with Gasteiger partial charge in [-0.1, -0.05) is 6.92 Å². The average Bonchev–Trinajstić information content (AvgIpc) is 2.80. The Kier molecular flexibility index (Phi) is 4.13. The zero-order valence-corrected chi connectivity index (χ0v) is 13.0. The first kappa shape index (κ1) is 13.2. The molecule has 0 spiro atoms. The predicted molar refractivity (Wildman–Crippen MR) is 81.0 cm³/mol. The average molecular weight is 302 g/mol. The third-order valence-corrected chi connectivity index (χ3v) is 7.46. The number of thiophene rings is 1. The van der Waals surface area contributed by atoms with Gasteiger partial charge in [-0.25, -0.2) is 0 Å². The van der Waals surface area contributed by atoms with Crippen LogP contribution in [0.25, 0.3) is 0 Å². The summed E-state index contributed by atoms with van der Waals surface area (Å²) in [6.45, 7) is 2.32. The Bertz CT molecular complexity index is 435. The van der Waals surface area contributed by atoms with Gasteiger partial charge in [-0.3, -0.25) is 4.21 Å². The summed E-state index contributed by atoms with van der Waals surface area (Å²) in [5.41, 5.74) is 1.50. The van der Waals surface area contributed by atoms with Crippen LogP contribution < -0.4 is 5.32 Å². The van der Waals surface area contributed by atoms with Crippen LogP contribution in [0.1, 0.15) is 37.8 Å². The van der Waals surface area contributed by atoms with Crippen LogP contribution in [0, 0.1) is 0 Å². The Morgan fingerprint density at radius 1 is 1.39 bits per heavy atom. The first-order valence-corrected chi connectivity index (χ1v) is 9.82. The van der Waals surface area contributed by atoms with Crippen molar-refractivity contribution in [2.75, 3.05) is 11.5 Å². The fraction of sp³-hybridized carbons (Fsp3) is 0.692. The number of hydrogen-bond donors (Lipinski definition) is 1. The second-order valence-corrected chi connectivity index (χ2v) is 9.49. The lowest BCUT2D eigenvalue weighted by molar-refractivity contribution is 0.389. The molecule has 1 aromatic heterocycles. The first-order valence-electron chi connectivity index (χ1n) is 6.57. The van der Waals surface area contributed by atoms with E-state index in [0.29, 0.717) is 17.3 Å². The van der Waals surface area contributed by atoms with Crippen molar-refractivity contribution in [2.24, 2.45) is 0 Å². The lowest BCUT2D eigenvalue weighted by atomic mass is 10.0. The third-order valence-electron chi connectivity index (χ3n) is 3.73. The minimum Gasteiger partial charge on any atom is -0.307 e. The van der Waals surface area contributed by atoms with Gasteiger partial charge in [0.2, 0.25) is 0 Å². The van der Waals surface area contributed by atoms with Gasteiger partial charge in [0.05, 0.1) is 4.21 Å². The molecule has 1 unspecified atom stereocenters. The van der Waals surface area contributed by atoms with Gasteiger partial charge in [0.15, 0.2) is 0 Å². The maximum absolute atomic E-state index is 11.4. The van der Waals surface area contributed by atoms with E-state index in [9.17, 15) is 4.21 Å². The molecule has 1 N–H and O–H groups in total. The Hall–Kier alpha value is 0.160. The molecule has 3 heterocycles. The summed E-state index contributed by atoms with van der Waals surface area (Å²) < 4.78 is 12.9. The molecule has 1 fully saturated rings. The first-order chi connectivity index (χ1) is 8.72. The molecule has 5 heteroatoms. The van der Waals surface area contributed by atoms with Crippen molar-refractivity contribution < 1.29 is 4.21 Å². The molecule has 1 saturated heterocycles. The van der Waals surface area contributed by atoms with Crippen molar-refractivity contribution >= 4 is 33.9 Å². The molecular weight excluding hydrogens is 282 g/mol. The highest BCUT2D eigenvalue weighted by Crippen LogP contribution is 2.44. The summed E-state index contributed by atoms with van der Waals surface area (Å²) in [6, 6.07) is 3.35.